The van der Waals surface area contributed by atoms with Gasteiger partial charge in [-0.25, -0.2) is 0 Å². The quantitative estimate of drug-likeness (QED) is 0.408. The molecule has 5 heteroatoms. The lowest BCUT2D eigenvalue weighted by atomic mass is 9.92. The van der Waals surface area contributed by atoms with Gasteiger partial charge in [0.05, 0.1) is 6.04 Å². The Morgan fingerprint density at radius 2 is 1.68 bits per heavy atom. The predicted octanol–water partition coefficient (Wildman–Crippen LogP) is 6.78. The Hall–Kier alpha value is -2.69. The summed E-state index contributed by atoms with van der Waals surface area (Å²) >= 11 is 6.16. The summed E-state index contributed by atoms with van der Waals surface area (Å²) in [6.45, 7) is 7.15. The van der Waals surface area contributed by atoms with Crippen molar-refractivity contribution in [3.8, 4) is 11.5 Å². The van der Waals surface area contributed by atoms with E-state index in [1.165, 1.54) is 54.7 Å². The molecule has 4 nitrogen and oxygen atoms in total. The molecule has 2 atom stereocenters. The Balaban J connectivity index is 1.30. The van der Waals surface area contributed by atoms with Crippen molar-refractivity contribution < 1.29 is 9.84 Å². The molecule has 1 N–H and O–H groups in total. The maximum absolute atomic E-state index is 10.1. The normalized spacial score (nSPS) is 20.4. The number of hydrogen-bond acceptors (Lipinski definition) is 4. The van der Waals surface area contributed by atoms with E-state index in [-0.39, 0.29) is 12.0 Å². The van der Waals surface area contributed by atoms with Crippen molar-refractivity contribution in [1.82, 2.24) is 4.90 Å². The summed E-state index contributed by atoms with van der Waals surface area (Å²) in [5, 5.41) is 10.9. The number of halogens is 1. The van der Waals surface area contributed by atoms with Gasteiger partial charge in [0.25, 0.3) is 0 Å². The van der Waals surface area contributed by atoms with Gasteiger partial charge in [-0.15, -0.1) is 0 Å². The first-order chi connectivity index (χ1) is 16.6. The largest absolute Gasteiger partial charge is 0.508 e. The second kappa shape index (κ2) is 10.3. The molecule has 1 fully saturated rings. The molecule has 0 radical (unpaired) electrons. The highest BCUT2D eigenvalue weighted by atomic mass is 35.5. The molecule has 3 aromatic carbocycles. The molecular formula is C29H33ClN2O2. The summed E-state index contributed by atoms with van der Waals surface area (Å²) in [5.41, 5.74) is 4.81. The number of ether oxygens (including phenoxy) is 1. The molecule has 2 unspecified atom stereocenters. The van der Waals surface area contributed by atoms with Gasteiger partial charge in [0, 0.05) is 29.7 Å². The lowest BCUT2D eigenvalue weighted by molar-refractivity contribution is 0.183. The fourth-order valence-electron chi connectivity index (χ4n) is 5.43. The molecule has 5 rings (SSSR count). The maximum Gasteiger partial charge on any atom is 0.119 e. The minimum absolute atomic E-state index is 0.175. The van der Waals surface area contributed by atoms with Crippen molar-refractivity contribution in [3.05, 3.63) is 88.4 Å². The number of likely N-dealkylation sites (tertiary alicyclic amines) is 1. The van der Waals surface area contributed by atoms with Gasteiger partial charge in [0.2, 0.25) is 0 Å². The standard InChI is InChI=1S/C29H33ClN2O2/c1-21-27-19-25(33)11-14-28(27)32(29(21)23-7-9-24(30)10-8-23)20-22-5-12-26(13-6-22)34-18-17-31-15-3-2-4-16-31/h5-14,19,21,29,33H,2-4,15-18,20H2,1H3. The topological polar surface area (TPSA) is 35.9 Å². The fraction of sp³-hybridized carbons (Fsp3) is 0.379. The first kappa shape index (κ1) is 23.1. The van der Waals surface area contributed by atoms with E-state index in [2.05, 4.69) is 53.1 Å². The zero-order valence-corrected chi connectivity index (χ0v) is 20.5. The van der Waals surface area contributed by atoms with Crippen LogP contribution in [0.25, 0.3) is 0 Å². The highest BCUT2D eigenvalue weighted by molar-refractivity contribution is 6.30. The van der Waals surface area contributed by atoms with Gasteiger partial charge in [0.1, 0.15) is 18.1 Å². The molecular weight excluding hydrogens is 444 g/mol. The molecule has 0 aliphatic carbocycles. The summed E-state index contributed by atoms with van der Waals surface area (Å²) in [6, 6.07) is 22.5. The van der Waals surface area contributed by atoms with Crippen LogP contribution in [0.5, 0.6) is 11.5 Å². The van der Waals surface area contributed by atoms with Gasteiger partial charge >= 0.3 is 0 Å². The molecule has 178 valence electrons. The smallest absolute Gasteiger partial charge is 0.119 e. The zero-order chi connectivity index (χ0) is 23.5. The third kappa shape index (κ3) is 5.03. The SMILES string of the molecule is CC1c2cc(O)ccc2N(Cc2ccc(OCCN3CCCCC3)cc2)C1c1ccc(Cl)cc1. The van der Waals surface area contributed by atoms with Gasteiger partial charge in [-0.05, 0) is 85.1 Å². The van der Waals surface area contributed by atoms with E-state index in [9.17, 15) is 5.11 Å². The van der Waals surface area contributed by atoms with Crippen LogP contribution in [0.4, 0.5) is 5.69 Å². The van der Waals surface area contributed by atoms with Crippen LogP contribution in [0.3, 0.4) is 0 Å². The number of fused-ring (bicyclic) bond motifs is 1. The van der Waals surface area contributed by atoms with E-state index in [0.29, 0.717) is 5.75 Å². The molecule has 2 aliphatic rings. The summed E-state index contributed by atoms with van der Waals surface area (Å²) in [4.78, 5) is 4.94. The Bertz CT molecular complexity index is 1090. The van der Waals surface area contributed by atoms with E-state index in [1.807, 2.05) is 24.3 Å². The average molecular weight is 477 g/mol. The number of aromatic hydroxyl groups is 1. The van der Waals surface area contributed by atoms with Crippen molar-refractivity contribution in [2.75, 3.05) is 31.1 Å². The number of benzene rings is 3. The Labute approximate surface area is 207 Å². The molecule has 1 saturated heterocycles. The van der Waals surface area contributed by atoms with Gasteiger partial charge in [-0.1, -0.05) is 49.2 Å². The van der Waals surface area contributed by atoms with E-state index in [4.69, 9.17) is 16.3 Å². The van der Waals surface area contributed by atoms with Crippen LogP contribution < -0.4 is 9.64 Å². The first-order valence-corrected chi connectivity index (χ1v) is 12.8. The number of nitrogens with zero attached hydrogens (tertiary/aromatic N) is 2. The maximum atomic E-state index is 10.1. The van der Waals surface area contributed by atoms with Crippen LogP contribution in [-0.2, 0) is 6.54 Å². The number of piperidine rings is 1. The van der Waals surface area contributed by atoms with Crippen molar-refractivity contribution in [2.45, 2.75) is 44.7 Å². The van der Waals surface area contributed by atoms with Crippen LogP contribution >= 0.6 is 11.6 Å². The van der Waals surface area contributed by atoms with E-state index >= 15 is 0 Å². The Morgan fingerprint density at radius 3 is 2.41 bits per heavy atom. The third-order valence-electron chi connectivity index (χ3n) is 7.23. The molecule has 0 aromatic heterocycles. The van der Waals surface area contributed by atoms with Crippen LogP contribution in [0.2, 0.25) is 5.02 Å². The lowest BCUT2D eigenvalue weighted by Gasteiger charge is -2.30. The lowest BCUT2D eigenvalue weighted by Crippen LogP contribution is -2.33. The number of phenols is 1. The summed E-state index contributed by atoms with van der Waals surface area (Å²) in [7, 11) is 0. The number of hydrogen-bond donors (Lipinski definition) is 1. The molecule has 0 spiro atoms. The highest BCUT2D eigenvalue weighted by Gasteiger charge is 2.37. The molecule has 3 aromatic rings. The Morgan fingerprint density at radius 1 is 0.941 bits per heavy atom. The second-order valence-corrected chi connectivity index (χ2v) is 9.99. The van der Waals surface area contributed by atoms with Crippen molar-refractivity contribution in [2.24, 2.45) is 0 Å². The molecule has 34 heavy (non-hydrogen) atoms. The van der Waals surface area contributed by atoms with E-state index in [1.54, 1.807) is 6.07 Å². The Kier molecular flexibility index (Phi) is 6.98. The third-order valence-corrected chi connectivity index (χ3v) is 7.49. The zero-order valence-electron chi connectivity index (χ0n) is 19.8. The minimum Gasteiger partial charge on any atom is -0.508 e. The minimum atomic E-state index is 0.175. The fourth-order valence-corrected chi connectivity index (χ4v) is 5.56. The summed E-state index contributed by atoms with van der Waals surface area (Å²) < 4.78 is 6.03. The second-order valence-electron chi connectivity index (χ2n) is 9.55. The molecule has 2 heterocycles. The summed E-state index contributed by atoms with van der Waals surface area (Å²) in [6.07, 6.45) is 3.98. The molecule has 0 amide bonds. The van der Waals surface area contributed by atoms with Crippen LogP contribution in [0, 0.1) is 0 Å². The monoisotopic (exact) mass is 476 g/mol. The van der Waals surface area contributed by atoms with Gasteiger partial charge in [-0.3, -0.25) is 4.90 Å². The van der Waals surface area contributed by atoms with E-state index < -0.39 is 0 Å². The average Bonchev–Trinajstić information content (AvgIpc) is 3.12. The van der Waals surface area contributed by atoms with Crippen LogP contribution in [0.1, 0.15) is 54.8 Å². The van der Waals surface area contributed by atoms with Crippen LogP contribution in [-0.4, -0.2) is 36.2 Å². The predicted molar refractivity (Wildman–Crippen MR) is 139 cm³/mol. The van der Waals surface area contributed by atoms with Gasteiger partial charge < -0.3 is 14.7 Å². The highest BCUT2D eigenvalue weighted by Crippen LogP contribution is 2.50. The summed E-state index contributed by atoms with van der Waals surface area (Å²) in [5.74, 6) is 1.49. The van der Waals surface area contributed by atoms with Crippen molar-refractivity contribution in [1.29, 1.82) is 0 Å². The number of rotatable bonds is 7. The molecule has 0 saturated carbocycles. The number of phenolic OH excluding ortho intramolecular Hbond substituents is 1. The van der Waals surface area contributed by atoms with E-state index in [0.717, 1.165) is 30.5 Å². The van der Waals surface area contributed by atoms with Gasteiger partial charge in [-0.2, -0.15) is 0 Å². The van der Waals surface area contributed by atoms with Gasteiger partial charge in [0.15, 0.2) is 0 Å². The van der Waals surface area contributed by atoms with Crippen molar-refractivity contribution in [3.63, 3.8) is 0 Å². The first-order valence-electron chi connectivity index (χ1n) is 12.4. The number of anilines is 1. The molecule has 0 bridgehead atoms. The van der Waals surface area contributed by atoms with Crippen molar-refractivity contribution >= 4 is 17.3 Å². The molecule has 2 aliphatic heterocycles. The van der Waals surface area contributed by atoms with Crippen LogP contribution in [0.15, 0.2) is 66.7 Å².